The fraction of sp³-hybridized carbons (Fsp3) is 0.389. The molecular weight excluding hydrogens is 374 g/mol. The number of hydrogen-bond acceptors (Lipinski definition) is 5. The molecule has 0 unspecified atom stereocenters. The molecule has 1 aliphatic heterocycles. The maximum Gasteiger partial charge on any atom is 0.262 e. The second-order valence-corrected chi connectivity index (χ2v) is 7.37. The second-order valence-electron chi connectivity index (χ2n) is 5.99. The number of rotatable bonds is 7. The van der Waals surface area contributed by atoms with Crippen LogP contribution in [0.1, 0.15) is 12.8 Å². The Labute approximate surface area is 160 Å². The third kappa shape index (κ3) is 4.47. The van der Waals surface area contributed by atoms with E-state index in [0.717, 1.165) is 19.4 Å². The number of allylic oxidation sites excluding steroid dienone is 1. The molecule has 1 amide bonds. The van der Waals surface area contributed by atoms with E-state index in [-0.39, 0.29) is 23.3 Å². The van der Waals surface area contributed by atoms with Gasteiger partial charge in [0.05, 0.1) is 22.8 Å². The van der Waals surface area contributed by atoms with Crippen molar-refractivity contribution in [2.45, 2.75) is 30.6 Å². The molecule has 138 valence electrons. The monoisotopic (exact) mass is 393 g/mol. The van der Waals surface area contributed by atoms with E-state index in [9.17, 15) is 9.59 Å². The summed E-state index contributed by atoms with van der Waals surface area (Å²) in [5.41, 5.74) is 0.363. The second kappa shape index (κ2) is 8.70. The summed E-state index contributed by atoms with van der Waals surface area (Å²) in [6.07, 6.45) is 3.74. The van der Waals surface area contributed by atoms with Crippen LogP contribution in [0.25, 0.3) is 10.9 Å². The number of hydrogen-bond donors (Lipinski definition) is 1. The number of fused-ring (bicyclic) bond motifs is 1. The average molecular weight is 394 g/mol. The molecule has 0 bridgehead atoms. The molecule has 1 aliphatic rings. The third-order valence-corrected chi connectivity index (χ3v) is 5.29. The van der Waals surface area contributed by atoms with Crippen molar-refractivity contribution in [1.29, 1.82) is 0 Å². The number of thioether (sulfide) groups is 1. The molecule has 1 saturated heterocycles. The number of amides is 1. The summed E-state index contributed by atoms with van der Waals surface area (Å²) in [6, 6.07) is 5.00. The molecule has 8 heteroatoms. The van der Waals surface area contributed by atoms with Gasteiger partial charge in [-0.25, -0.2) is 4.98 Å². The summed E-state index contributed by atoms with van der Waals surface area (Å²) in [6.45, 7) is 5.28. The van der Waals surface area contributed by atoms with Gasteiger partial charge < -0.3 is 10.1 Å². The molecule has 26 heavy (non-hydrogen) atoms. The average Bonchev–Trinajstić information content (AvgIpc) is 3.15. The number of benzene rings is 1. The van der Waals surface area contributed by atoms with Crippen molar-refractivity contribution in [2.75, 3.05) is 18.9 Å². The molecule has 0 radical (unpaired) electrons. The summed E-state index contributed by atoms with van der Waals surface area (Å²) >= 11 is 7.22. The highest BCUT2D eigenvalue weighted by Gasteiger charge is 2.17. The molecule has 0 spiro atoms. The van der Waals surface area contributed by atoms with E-state index in [1.165, 1.54) is 16.3 Å². The van der Waals surface area contributed by atoms with Crippen LogP contribution in [0.3, 0.4) is 0 Å². The minimum atomic E-state index is -0.195. The SMILES string of the molecule is C=CCn1c(SCC(=O)NC[C@H]2CCCO2)nc2ccc(Cl)cc2c1=O. The minimum Gasteiger partial charge on any atom is -0.376 e. The van der Waals surface area contributed by atoms with Crippen LogP contribution in [0.5, 0.6) is 0 Å². The van der Waals surface area contributed by atoms with E-state index in [4.69, 9.17) is 16.3 Å². The number of aromatic nitrogens is 2. The van der Waals surface area contributed by atoms with Gasteiger partial charge in [0, 0.05) is 24.7 Å². The predicted molar refractivity (Wildman–Crippen MR) is 104 cm³/mol. The molecule has 1 N–H and O–H groups in total. The van der Waals surface area contributed by atoms with Crippen LogP contribution in [-0.2, 0) is 16.1 Å². The number of ether oxygens (including phenoxy) is 1. The molecule has 1 atom stereocenters. The lowest BCUT2D eigenvalue weighted by Crippen LogP contribution is -2.33. The van der Waals surface area contributed by atoms with E-state index in [1.807, 2.05) is 0 Å². The summed E-state index contributed by atoms with van der Waals surface area (Å²) in [4.78, 5) is 29.3. The maximum absolute atomic E-state index is 12.7. The highest BCUT2D eigenvalue weighted by molar-refractivity contribution is 7.99. The Morgan fingerprint density at radius 3 is 3.12 bits per heavy atom. The molecule has 1 fully saturated rings. The van der Waals surface area contributed by atoms with Crippen LogP contribution in [0.15, 0.2) is 40.8 Å². The van der Waals surface area contributed by atoms with Crippen molar-refractivity contribution in [2.24, 2.45) is 0 Å². The van der Waals surface area contributed by atoms with Gasteiger partial charge in [0.15, 0.2) is 5.16 Å². The fourth-order valence-electron chi connectivity index (χ4n) is 2.79. The minimum absolute atomic E-state index is 0.103. The number of carbonyl (C=O) groups is 1. The quantitative estimate of drug-likeness (QED) is 0.444. The number of nitrogens with one attached hydrogen (secondary N) is 1. The predicted octanol–water partition coefficient (Wildman–Crippen LogP) is 2.62. The Bertz CT molecular complexity index is 878. The molecule has 1 aromatic heterocycles. The van der Waals surface area contributed by atoms with Gasteiger partial charge in [-0.1, -0.05) is 29.4 Å². The largest absolute Gasteiger partial charge is 0.376 e. The Morgan fingerprint density at radius 2 is 2.38 bits per heavy atom. The Hall–Kier alpha value is -1.83. The molecular formula is C18H20ClN3O3S. The first-order chi connectivity index (χ1) is 12.6. The van der Waals surface area contributed by atoms with Gasteiger partial charge in [-0.3, -0.25) is 14.2 Å². The van der Waals surface area contributed by atoms with Gasteiger partial charge in [0.25, 0.3) is 5.56 Å². The zero-order chi connectivity index (χ0) is 18.5. The van der Waals surface area contributed by atoms with Crippen molar-refractivity contribution in [3.63, 3.8) is 0 Å². The number of halogens is 1. The first kappa shape index (κ1) is 18.9. The van der Waals surface area contributed by atoms with Gasteiger partial charge in [0.1, 0.15) is 0 Å². The van der Waals surface area contributed by atoms with Crippen LogP contribution in [-0.4, -0.2) is 40.5 Å². The van der Waals surface area contributed by atoms with Gasteiger partial charge in [-0.15, -0.1) is 6.58 Å². The first-order valence-electron chi connectivity index (χ1n) is 8.40. The lowest BCUT2D eigenvalue weighted by atomic mass is 10.2. The molecule has 1 aromatic carbocycles. The van der Waals surface area contributed by atoms with Gasteiger partial charge in [0.2, 0.25) is 5.91 Å². The van der Waals surface area contributed by atoms with Crippen LogP contribution < -0.4 is 10.9 Å². The zero-order valence-corrected chi connectivity index (χ0v) is 15.8. The van der Waals surface area contributed by atoms with Crippen molar-refractivity contribution in [1.82, 2.24) is 14.9 Å². The van der Waals surface area contributed by atoms with E-state index in [2.05, 4.69) is 16.9 Å². The summed E-state index contributed by atoms with van der Waals surface area (Å²) in [5.74, 6) is 0.0659. The third-order valence-electron chi connectivity index (χ3n) is 4.08. The lowest BCUT2D eigenvalue weighted by molar-refractivity contribution is -0.119. The molecule has 2 aromatic rings. The van der Waals surface area contributed by atoms with Crippen molar-refractivity contribution in [3.05, 3.63) is 46.2 Å². The summed E-state index contributed by atoms with van der Waals surface area (Å²) in [5, 5.41) is 4.28. The fourth-order valence-corrected chi connectivity index (χ4v) is 3.80. The highest BCUT2D eigenvalue weighted by Crippen LogP contribution is 2.20. The zero-order valence-electron chi connectivity index (χ0n) is 14.2. The van der Waals surface area contributed by atoms with Crippen LogP contribution in [0, 0.1) is 0 Å². The van der Waals surface area contributed by atoms with Gasteiger partial charge in [-0.05, 0) is 31.0 Å². The van der Waals surface area contributed by atoms with E-state index < -0.39 is 0 Å². The highest BCUT2D eigenvalue weighted by atomic mass is 35.5. The summed E-state index contributed by atoms with van der Waals surface area (Å²) in [7, 11) is 0. The number of carbonyl (C=O) groups excluding carboxylic acids is 1. The lowest BCUT2D eigenvalue weighted by Gasteiger charge is -2.13. The topological polar surface area (TPSA) is 73.2 Å². The number of nitrogens with zero attached hydrogens (tertiary/aromatic N) is 2. The van der Waals surface area contributed by atoms with Gasteiger partial charge in [-0.2, -0.15) is 0 Å². The molecule has 0 saturated carbocycles. The molecule has 3 rings (SSSR count). The van der Waals surface area contributed by atoms with E-state index in [1.54, 1.807) is 24.3 Å². The Morgan fingerprint density at radius 1 is 1.54 bits per heavy atom. The molecule has 6 nitrogen and oxygen atoms in total. The Balaban J connectivity index is 1.74. The van der Waals surface area contributed by atoms with Crippen LogP contribution >= 0.6 is 23.4 Å². The van der Waals surface area contributed by atoms with Crippen LogP contribution in [0.2, 0.25) is 5.02 Å². The van der Waals surface area contributed by atoms with Gasteiger partial charge >= 0.3 is 0 Å². The van der Waals surface area contributed by atoms with Crippen molar-refractivity contribution < 1.29 is 9.53 Å². The summed E-state index contributed by atoms with van der Waals surface area (Å²) < 4.78 is 6.99. The van der Waals surface area contributed by atoms with E-state index >= 15 is 0 Å². The standard InChI is InChI=1S/C18H20ClN3O3S/c1-2-7-22-17(24)14-9-12(19)5-6-15(14)21-18(22)26-11-16(23)20-10-13-4-3-8-25-13/h2,5-6,9,13H,1,3-4,7-8,10-11H2,(H,20,23)/t13-/m1/s1. The first-order valence-corrected chi connectivity index (χ1v) is 9.77. The van der Waals surface area contributed by atoms with E-state index in [0.29, 0.717) is 34.2 Å². The molecule has 0 aliphatic carbocycles. The molecule has 2 heterocycles. The van der Waals surface area contributed by atoms with Crippen LogP contribution in [0.4, 0.5) is 0 Å². The maximum atomic E-state index is 12.7. The Kier molecular flexibility index (Phi) is 6.34. The van der Waals surface area contributed by atoms with Crippen molar-refractivity contribution >= 4 is 40.2 Å². The smallest absolute Gasteiger partial charge is 0.262 e. The van der Waals surface area contributed by atoms with Crippen molar-refractivity contribution in [3.8, 4) is 0 Å². The normalized spacial score (nSPS) is 16.7.